The molecular formula is C10H15NO3S. The molecule has 0 aliphatic rings. The molecule has 15 heavy (non-hydrogen) atoms. The highest BCUT2D eigenvalue weighted by Crippen LogP contribution is 2.16. The predicted octanol–water partition coefficient (Wildman–Crippen LogP) is 0.818. The third kappa shape index (κ3) is 3.21. The molecule has 1 aromatic carbocycles. The number of rotatable bonds is 5. The number of ether oxygens (including phenoxy) is 1. The maximum absolute atomic E-state index is 11.6. The summed E-state index contributed by atoms with van der Waals surface area (Å²) in [6.45, 7) is 2.57. The Morgan fingerprint density at radius 3 is 2.33 bits per heavy atom. The maximum Gasteiger partial charge on any atom is 0.179 e. The average molecular weight is 229 g/mol. The first kappa shape index (κ1) is 12.0. The molecule has 84 valence electrons. The first-order chi connectivity index (χ1) is 7.10. The van der Waals surface area contributed by atoms with E-state index in [0.717, 1.165) is 0 Å². The smallest absolute Gasteiger partial charge is 0.179 e. The standard InChI is InChI=1S/C10H15NO3S/c1-2-14-9-3-5-10(6-4-9)15(12,13)8-7-11/h3-6H,2,7-8,11H2,1H3. The van der Waals surface area contributed by atoms with E-state index in [0.29, 0.717) is 12.4 Å². The second kappa shape index (κ2) is 5.14. The molecule has 0 saturated carbocycles. The molecule has 0 fully saturated rings. The Morgan fingerprint density at radius 2 is 1.87 bits per heavy atom. The Morgan fingerprint density at radius 1 is 1.27 bits per heavy atom. The minimum absolute atomic E-state index is 0.0268. The summed E-state index contributed by atoms with van der Waals surface area (Å²) in [6.07, 6.45) is 0. The van der Waals surface area contributed by atoms with Gasteiger partial charge in [-0.05, 0) is 31.2 Å². The lowest BCUT2D eigenvalue weighted by Crippen LogP contribution is -2.15. The van der Waals surface area contributed by atoms with Crippen LogP contribution in [-0.2, 0) is 9.84 Å². The van der Waals surface area contributed by atoms with Crippen molar-refractivity contribution in [1.29, 1.82) is 0 Å². The molecule has 1 rings (SSSR count). The first-order valence-electron chi connectivity index (χ1n) is 4.76. The highest BCUT2D eigenvalue weighted by molar-refractivity contribution is 7.91. The third-order valence-electron chi connectivity index (χ3n) is 1.88. The van der Waals surface area contributed by atoms with Gasteiger partial charge in [-0.3, -0.25) is 0 Å². The Kier molecular flexibility index (Phi) is 4.11. The molecular weight excluding hydrogens is 214 g/mol. The summed E-state index contributed by atoms with van der Waals surface area (Å²) in [5, 5.41) is 0. The Balaban J connectivity index is 2.89. The number of benzene rings is 1. The van der Waals surface area contributed by atoms with Gasteiger partial charge in [0.1, 0.15) is 5.75 Å². The van der Waals surface area contributed by atoms with Crippen LogP contribution in [0.4, 0.5) is 0 Å². The normalized spacial score (nSPS) is 11.3. The van der Waals surface area contributed by atoms with Crippen LogP contribution >= 0.6 is 0 Å². The Labute approximate surface area is 90.0 Å². The molecule has 0 bridgehead atoms. The molecule has 0 unspecified atom stereocenters. The zero-order chi connectivity index (χ0) is 11.3. The lowest BCUT2D eigenvalue weighted by atomic mass is 10.3. The lowest BCUT2D eigenvalue weighted by Gasteiger charge is -2.05. The van der Waals surface area contributed by atoms with Gasteiger partial charge < -0.3 is 10.5 Å². The van der Waals surface area contributed by atoms with Gasteiger partial charge in [-0.25, -0.2) is 8.42 Å². The predicted molar refractivity (Wildman–Crippen MR) is 58.7 cm³/mol. The van der Waals surface area contributed by atoms with Gasteiger partial charge in [0.05, 0.1) is 17.3 Å². The number of nitrogens with two attached hydrogens (primary N) is 1. The largest absolute Gasteiger partial charge is 0.494 e. The van der Waals surface area contributed by atoms with Crippen molar-refractivity contribution in [3.8, 4) is 5.75 Å². The first-order valence-corrected chi connectivity index (χ1v) is 6.41. The van der Waals surface area contributed by atoms with Crippen LogP contribution in [0, 0.1) is 0 Å². The van der Waals surface area contributed by atoms with E-state index in [1.54, 1.807) is 12.1 Å². The van der Waals surface area contributed by atoms with E-state index in [9.17, 15) is 8.42 Å². The molecule has 0 aliphatic heterocycles. The van der Waals surface area contributed by atoms with Crippen molar-refractivity contribution >= 4 is 9.84 Å². The molecule has 0 radical (unpaired) electrons. The molecule has 0 amide bonds. The van der Waals surface area contributed by atoms with Crippen LogP contribution in [0.1, 0.15) is 6.92 Å². The molecule has 0 aromatic heterocycles. The van der Waals surface area contributed by atoms with Gasteiger partial charge in [-0.1, -0.05) is 0 Å². The van der Waals surface area contributed by atoms with Gasteiger partial charge in [0.2, 0.25) is 0 Å². The van der Waals surface area contributed by atoms with E-state index in [1.165, 1.54) is 12.1 Å². The van der Waals surface area contributed by atoms with Crippen LogP contribution in [0.15, 0.2) is 29.2 Å². The van der Waals surface area contributed by atoms with Crippen LogP contribution in [0.25, 0.3) is 0 Å². The van der Waals surface area contributed by atoms with Crippen LogP contribution < -0.4 is 10.5 Å². The fourth-order valence-corrected chi connectivity index (χ4v) is 2.28. The quantitative estimate of drug-likeness (QED) is 0.811. The molecule has 0 atom stereocenters. The second-order valence-electron chi connectivity index (χ2n) is 3.01. The fraction of sp³-hybridized carbons (Fsp3) is 0.400. The van der Waals surface area contributed by atoms with Gasteiger partial charge in [-0.2, -0.15) is 0 Å². The van der Waals surface area contributed by atoms with E-state index in [4.69, 9.17) is 10.5 Å². The van der Waals surface area contributed by atoms with Crippen LogP contribution in [-0.4, -0.2) is 27.3 Å². The second-order valence-corrected chi connectivity index (χ2v) is 5.12. The summed E-state index contributed by atoms with van der Waals surface area (Å²) in [7, 11) is -3.22. The van der Waals surface area contributed by atoms with Crippen LogP contribution in [0.5, 0.6) is 5.75 Å². The zero-order valence-corrected chi connectivity index (χ0v) is 9.46. The van der Waals surface area contributed by atoms with Crippen molar-refractivity contribution in [2.24, 2.45) is 5.73 Å². The molecule has 4 nitrogen and oxygen atoms in total. The molecule has 0 saturated heterocycles. The molecule has 0 aliphatic carbocycles. The van der Waals surface area contributed by atoms with Crippen LogP contribution in [0.3, 0.4) is 0 Å². The zero-order valence-electron chi connectivity index (χ0n) is 8.64. The lowest BCUT2D eigenvalue weighted by molar-refractivity contribution is 0.340. The van der Waals surface area contributed by atoms with E-state index < -0.39 is 9.84 Å². The summed E-state index contributed by atoms with van der Waals surface area (Å²) in [4.78, 5) is 0.288. The third-order valence-corrected chi connectivity index (χ3v) is 3.64. The number of hydrogen-bond donors (Lipinski definition) is 1. The minimum Gasteiger partial charge on any atom is -0.494 e. The van der Waals surface area contributed by atoms with Gasteiger partial charge in [0.15, 0.2) is 9.84 Å². The van der Waals surface area contributed by atoms with E-state index >= 15 is 0 Å². The minimum atomic E-state index is -3.22. The van der Waals surface area contributed by atoms with E-state index in [1.807, 2.05) is 6.92 Å². The average Bonchev–Trinajstić information content (AvgIpc) is 2.19. The van der Waals surface area contributed by atoms with Gasteiger partial charge in [0, 0.05) is 6.54 Å². The van der Waals surface area contributed by atoms with Crippen molar-refractivity contribution in [3.05, 3.63) is 24.3 Å². The van der Waals surface area contributed by atoms with Crippen LogP contribution in [0.2, 0.25) is 0 Å². The Bertz CT molecular complexity index is 397. The Hall–Kier alpha value is -1.07. The van der Waals surface area contributed by atoms with Crippen molar-refractivity contribution in [2.45, 2.75) is 11.8 Å². The summed E-state index contributed by atoms with van der Waals surface area (Å²) < 4.78 is 28.4. The SMILES string of the molecule is CCOc1ccc(S(=O)(=O)CCN)cc1. The van der Waals surface area contributed by atoms with Crippen molar-refractivity contribution in [3.63, 3.8) is 0 Å². The number of sulfone groups is 1. The highest BCUT2D eigenvalue weighted by Gasteiger charge is 2.12. The van der Waals surface area contributed by atoms with Gasteiger partial charge in [-0.15, -0.1) is 0 Å². The van der Waals surface area contributed by atoms with E-state index in [2.05, 4.69) is 0 Å². The summed E-state index contributed by atoms with van der Waals surface area (Å²) in [5.41, 5.74) is 5.23. The highest BCUT2D eigenvalue weighted by atomic mass is 32.2. The topological polar surface area (TPSA) is 69.4 Å². The van der Waals surface area contributed by atoms with Gasteiger partial charge in [0.25, 0.3) is 0 Å². The fourth-order valence-electron chi connectivity index (χ4n) is 1.18. The van der Waals surface area contributed by atoms with Crippen molar-refractivity contribution in [1.82, 2.24) is 0 Å². The molecule has 2 N–H and O–H groups in total. The number of hydrogen-bond acceptors (Lipinski definition) is 4. The monoisotopic (exact) mass is 229 g/mol. The summed E-state index contributed by atoms with van der Waals surface area (Å²) in [6, 6.07) is 6.37. The summed E-state index contributed by atoms with van der Waals surface area (Å²) in [5.74, 6) is 0.644. The molecule has 5 heteroatoms. The summed E-state index contributed by atoms with van der Waals surface area (Å²) >= 11 is 0. The van der Waals surface area contributed by atoms with E-state index in [-0.39, 0.29) is 17.2 Å². The van der Waals surface area contributed by atoms with Gasteiger partial charge >= 0.3 is 0 Å². The van der Waals surface area contributed by atoms with Crippen molar-refractivity contribution in [2.75, 3.05) is 18.9 Å². The molecule has 0 heterocycles. The maximum atomic E-state index is 11.6. The molecule has 1 aromatic rings. The molecule has 0 spiro atoms. The van der Waals surface area contributed by atoms with Crippen molar-refractivity contribution < 1.29 is 13.2 Å².